The summed E-state index contributed by atoms with van der Waals surface area (Å²) in [5.74, 6) is -0.666. The first kappa shape index (κ1) is 22.1. The Bertz CT molecular complexity index is 1330. The maximum absolute atomic E-state index is 12.6. The monoisotopic (exact) mass is 486 g/mol. The lowest BCUT2D eigenvalue weighted by Crippen LogP contribution is -2.46. The molecule has 1 fully saturated rings. The highest BCUT2D eigenvalue weighted by atomic mass is 35.5. The van der Waals surface area contributed by atoms with E-state index in [1.165, 1.54) is 12.1 Å². The molecule has 0 unspecified atom stereocenters. The summed E-state index contributed by atoms with van der Waals surface area (Å²) in [5.41, 5.74) is 3.90. The van der Waals surface area contributed by atoms with Gasteiger partial charge in [0.2, 0.25) is 0 Å². The number of amides is 2. The molecule has 1 aromatic heterocycles. The molecule has 0 radical (unpaired) electrons. The standard InChI is InChI=1S/C22H15ClN2O5S2/c1-12-8-20(27)30-17-10-15(6-7-16(12)17)29-11-19(26)24-25-21(28)18(32-22(25)31)9-13-2-4-14(23)5-3-13/h2-10H,11H2,1H3,(H,24,26)/b18-9+. The molecule has 1 aliphatic heterocycles. The lowest BCUT2D eigenvalue weighted by molar-refractivity contribution is -0.134. The third kappa shape index (κ3) is 4.85. The number of halogens is 1. The number of fused-ring (bicyclic) bond motifs is 1. The minimum atomic E-state index is -0.570. The summed E-state index contributed by atoms with van der Waals surface area (Å²) < 4.78 is 10.9. The van der Waals surface area contributed by atoms with Crippen molar-refractivity contribution < 1.29 is 18.7 Å². The van der Waals surface area contributed by atoms with Crippen LogP contribution in [0, 0.1) is 6.92 Å². The van der Waals surface area contributed by atoms with Gasteiger partial charge in [-0.25, -0.2) is 4.79 Å². The summed E-state index contributed by atoms with van der Waals surface area (Å²) in [7, 11) is 0. The molecule has 1 aliphatic rings. The molecule has 2 amide bonds. The van der Waals surface area contributed by atoms with Crippen molar-refractivity contribution in [2.45, 2.75) is 6.92 Å². The van der Waals surface area contributed by atoms with Gasteiger partial charge >= 0.3 is 5.63 Å². The van der Waals surface area contributed by atoms with E-state index in [0.717, 1.165) is 33.3 Å². The highest BCUT2D eigenvalue weighted by molar-refractivity contribution is 8.26. The molecule has 2 aromatic carbocycles. The number of hydrogen-bond acceptors (Lipinski definition) is 7. The van der Waals surface area contributed by atoms with Crippen molar-refractivity contribution in [2.75, 3.05) is 6.61 Å². The van der Waals surface area contributed by atoms with Gasteiger partial charge in [-0.1, -0.05) is 35.5 Å². The van der Waals surface area contributed by atoms with Crippen molar-refractivity contribution in [3.05, 3.63) is 80.0 Å². The molecule has 3 aromatic rings. The number of aryl methyl sites for hydroxylation is 1. The molecule has 0 saturated carbocycles. The van der Waals surface area contributed by atoms with Crippen LogP contribution in [0.15, 0.2) is 62.6 Å². The number of nitrogens with one attached hydrogen (secondary N) is 1. The quantitative estimate of drug-likeness (QED) is 0.330. The lowest BCUT2D eigenvalue weighted by atomic mass is 10.1. The number of rotatable bonds is 5. The molecule has 0 aliphatic carbocycles. The summed E-state index contributed by atoms with van der Waals surface area (Å²) in [6.45, 7) is 1.44. The first-order valence-corrected chi connectivity index (χ1v) is 10.9. The maximum Gasteiger partial charge on any atom is 0.336 e. The topological polar surface area (TPSA) is 88.8 Å². The van der Waals surface area contributed by atoms with Gasteiger partial charge in [0.1, 0.15) is 11.3 Å². The molecule has 1 saturated heterocycles. The highest BCUT2D eigenvalue weighted by Gasteiger charge is 2.33. The fourth-order valence-electron chi connectivity index (χ4n) is 2.98. The molecule has 32 heavy (non-hydrogen) atoms. The van der Waals surface area contributed by atoms with E-state index in [1.807, 2.05) is 0 Å². The number of nitrogens with zero attached hydrogens (tertiary/aromatic N) is 1. The Morgan fingerprint density at radius 3 is 2.72 bits per heavy atom. The smallest absolute Gasteiger partial charge is 0.336 e. The summed E-state index contributed by atoms with van der Waals surface area (Å²) in [4.78, 5) is 36.9. The molecule has 0 atom stereocenters. The largest absolute Gasteiger partial charge is 0.484 e. The normalized spacial score (nSPS) is 14.9. The van der Waals surface area contributed by atoms with Crippen molar-refractivity contribution in [1.29, 1.82) is 0 Å². The second-order valence-corrected chi connectivity index (χ2v) is 8.91. The Morgan fingerprint density at radius 1 is 1.22 bits per heavy atom. The minimum Gasteiger partial charge on any atom is -0.484 e. The first-order valence-electron chi connectivity index (χ1n) is 9.30. The van der Waals surface area contributed by atoms with Crippen molar-refractivity contribution >= 4 is 68.8 Å². The Balaban J connectivity index is 1.40. The van der Waals surface area contributed by atoms with Gasteiger partial charge in [0.25, 0.3) is 11.8 Å². The second-order valence-electron chi connectivity index (χ2n) is 6.80. The van der Waals surface area contributed by atoms with Crippen LogP contribution < -0.4 is 15.8 Å². The molecule has 10 heteroatoms. The maximum atomic E-state index is 12.6. The van der Waals surface area contributed by atoms with Gasteiger partial charge in [-0.3, -0.25) is 15.0 Å². The molecule has 0 spiro atoms. The Labute approximate surface area is 196 Å². The van der Waals surface area contributed by atoms with E-state index in [4.69, 9.17) is 33.0 Å². The SMILES string of the molecule is Cc1cc(=O)oc2cc(OCC(=O)NN3C(=O)/C(=C\c4ccc(Cl)cc4)SC3=S)ccc12. The highest BCUT2D eigenvalue weighted by Crippen LogP contribution is 2.31. The summed E-state index contributed by atoms with van der Waals surface area (Å²) in [6, 6.07) is 13.3. The predicted molar refractivity (Wildman–Crippen MR) is 127 cm³/mol. The molecular weight excluding hydrogens is 472 g/mol. The van der Waals surface area contributed by atoms with Crippen molar-refractivity contribution in [3.63, 3.8) is 0 Å². The third-order valence-electron chi connectivity index (χ3n) is 4.49. The van der Waals surface area contributed by atoms with Crippen LogP contribution in [0.5, 0.6) is 5.75 Å². The van der Waals surface area contributed by atoms with Crippen LogP contribution in [0.3, 0.4) is 0 Å². The Kier molecular flexibility index (Phi) is 6.31. The van der Waals surface area contributed by atoms with Crippen LogP contribution in [0.4, 0.5) is 0 Å². The predicted octanol–water partition coefficient (Wildman–Crippen LogP) is 4.07. The average Bonchev–Trinajstić information content (AvgIpc) is 3.01. The summed E-state index contributed by atoms with van der Waals surface area (Å²) in [5, 5.41) is 2.37. The number of thiocarbonyl (C=S) groups is 1. The second kappa shape index (κ2) is 9.15. The number of hydrogen-bond donors (Lipinski definition) is 1. The minimum absolute atomic E-state index is 0.200. The summed E-state index contributed by atoms with van der Waals surface area (Å²) >= 11 is 12.2. The van der Waals surface area contributed by atoms with E-state index in [-0.39, 0.29) is 10.9 Å². The van der Waals surface area contributed by atoms with E-state index >= 15 is 0 Å². The molecule has 2 heterocycles. The summed E-state index contributed by atoms with van der Waals surface area (Å²) in [6.07, 6.45) is 1.67. The van der Waals surface area contributed by atoms with Crippen molar-refractivity contribution in [3.8, 4) is 5.75 Å². The van der Waals surface area contributed by atoms with Crippen molar-refractivity contribution in [1.82, 2.24) is 10.4 Å². The van der Waals surface area contributed by atoms with Crippen LogP contribution in [-0.4, -0.2) is 27.8 Å². The van der Waals surface area contributed by atoms with Gasteiger partial charge in [0.15, 0.2) is 10.9 Å². The zero-order chi connectivity index (χ0) is 22.8. The van der Waals surface area contributed by atoms with Crippen LogP contribution in [-0.2, 0) is 9.59 Å². The van der Waals surface area contributed by atoms with Gasteiger partial charge in [-0.05, 0) is 60.6 Å². The Hall–Kier alpha value is -3.14. The van der Waals surface area contributed by atoms with Crippen LogP contribution >= 0.6 is 35.6 Å². The molecule has 4 rings (SSSR count). The average molecular weight is 487 g/mol. The molecule has 162 valence electrons. The number of carbonyl (C=O) groups is 2. The van der Waals surface area contributed by atoms with Crippen LogP contribution in [0.2, 0.25) is 5.02 Å². The number of benzene rings is 2. The molecular formula is C22H15ClN2O5S2. The molecule has 0 bridgehead atoms. The van der Waals surface area contributed by atoms with E-state index in [9.17, 15) is 14.4 Å². The third-order valence-corrected chi connectivity index (χ3v) is 6.04. The molecule has 1 N–H and O–H groups in total. The van der Waals surface area contributed by atoms with E-state index in [2.05, 4.69) is 5.43 Å². The number of ether oxygens (including phenoxy) is 1. The van der Waals surface area contributed by atoms with Gasteiger partial charge in [0, 0.05) is 22.5 Å². The van der Waals surface area contributed by atoms with Crippen LogP contribution in [0.1, 0.15) is 11.1 Å². The van der Waals surface area contributed by atoms with Gasteiger partial charge in [-0.2, -0.15) is 5.01 Å². The van der Waals surface area contributed by atoms with E-state index in [1.54, 1.807) is 49.4 Å². The number of carbonyl (C=O) groups excluding carboxylic acids is 2. The van der Waals surface area contributed by atoms with E-state index in [0.29, 0.717) is 21.3 Å². The van der Waals surface area contributed by atoms with Crippen LogP contribution in [0.25, 0.3) is 17.0 Å². The van der Waals surface area contributed by atoms with Gasteiger partial charge in [-0.15, -0.1) is 0 Å². The van der Waals surface area contributed by atoms with Crippen molar-refractivity contribution in [2.24, 2.45) is 0 Å². The zero-order valence-electron chi connectivity index (χ0n) is 16.6. The first-order chi connectivity index (χ1) is 15.3. The molecule has 7 nitrogen and oxygen atoms in total. The van der Waals surface area contributed by atoms with E-state index < -0.39 is 17.4 Å². The fraction of sp³-hybridized carbons (Fsp3) is 0.0909. The lowest BCUT2D eigenvalue weighted by Gasteiger charge is -2.16. The van der Waals surface area contributed by atoms with Gasteiger partial charge < -0.3 is 9.15 Å². The Morgan fingerprint density at radius 2 is 1.97 bits per heavy atom. The fourth-order valence-corrected chi connectivity index (χ4v) is 4.28. The van der Waals surface area contributed by atoms with Gasteiger partial charge in [0.05, 0.1) is 4.91 Å². The zero-order valence-corrected chi connectivity index (χ0v) is 19.0. The number of thioether (sulfide) groups is 1. The number of hydrazine groups is 1.